The van der Waals surface area contributed by atoms with E-state index in [2.05, 4.69) is 68.1 Å². The lowest BCUT2D eigenvalue weighted by Gasteiger charge is -2.40. The quantitative estimate of drug-likeness (QED) is 0.132. The zero-order valence-corrected chi connectivity index (χ0v) is 36.5. The number of amides is 4. The summed E-state index contributed by atoms with van der Waals surface area (Å²) in [6.45, 7) is 8.21. The second-order valence-electron chi connectivity index (χ2n) is 19.0. The van der Waals surface area contributed by atoms with Crippen LogP contribution < -0.4 is 20.9 Å². The Morgan fingerprint density at radius 3 is 2.38 bits per heavy atom. The van der Waals surface area contributed by atoms with E-state index in [0.717, 1.165) is 98.2 Å². The van der Waals surface area contributed by atoms with Crippen molar-refractivity contribution in [2.75, 3.05) is 48.3 Å². The van der Waals surface area contributed by atoms with Crippen LogP contribution in [0, 0.1) is 24.7 Å². The third kappa shape index (κ3) is 8.11. The van der Waals surface area contributed by atoms with Gasteiger partial charge in [-0.25, -0.2) is 9.78 Å². The van der Waals surface area contributed by atoms with Crippen LogP contribution in [0.15, 0.2) is 67.0 Å². The van der Waals surface area contributed by atoms with E-state index >= 15 is 0 Å². The molecule has 5 fully saturated rings. The number of phenolic OH excluding ortho intramolecular Hbond substituents is 1. The summed E-state index contributed by atoms with van der Waals surface area (Å²) in [6, 6.07) is 17.5. The highest BCUT2D eigenvalue weighted by molar-refractivity contribution is 6.06. The Morgan fingerprint density at radius 2 is 1.63 bits per heavy atom. The van der Waals surface area contributed by atoms with Gasteiger partial charge >= 0.3 is 6.03 Å². The number of para-hydroxylation sites is 1. The van der Waals surface area contributed by atoms with E-state index < -0.39 is 0 Å². The highest BCUT2D eigenvalue weighted by Crippen LogP contribution is 2.47. The van der Waals surface area contributed by atoms with Gasteiger partial charge in [-0.3, -0.25) is 19.8 Å². The van der Waals surface area contributed by atoms with Crippen LogP contribution in [0.4, 0.5) is 22.0 Å². The van der Waals surface area contributed by atoms with Crippen molar-refractivity contribution in [3.63, 3.8) is 0 Å². The van der Waals surface area contributed by atoms with E-state index in [1.165, 1.54) is 36.8 Å². The van der Waals surface area contributed by atoms with E-state index in [1.54, 1.807) is 23.2 Å². The van der Waals surface area contributed by atoms with E-state index in [0.29, 0.717) is 59.8 Å². The monoisotopic (exact) mass is 849 g/mol. The minimum atomic E-state index is -0.372. The van der Waals surface area contributed by atoms with Crippen molar-refractivity contribution in [1.82, 2.24) is 30.0 Å². The van der Waals surface area contributed by atoms with Crippen molar-refractivity contribution >= 4 is 46.1 Å². The molecule has 2 atom stereocenters. The maximum atomic E-state index is 13.9. The Labute approximate surface area is 369 Å². The van der Waals surface area contributed by atoms with Crippen molar-refractivity contribution in [2.24, 2.45) is 17.8 Å². The molecule has 5 aliphatic rings. The highest BCUT2D eigenvalue weighted by atomic mass is 16.3. The summed E-state index contributed by atoms with van der Waals surface area (Å²) >= 11 is 0. The molecule has 13 nitrogen and oxygen atoms in total. The van der Waals surface area contributed by atoms with Crippen molar-refractivity contribution < 1.29 is 19.5 Å². The molecule has 10 rings (SSSR count). The molecule has 2 saturated carbocycles. The SMILES string of the molecule is Cc1cc(C(=O)N2CCC(C(C)C3CCC(n4cc(C5CC5)c5cc(N6CCC(=O)NC6=O)cnc54)CC3)CC2)ccc1[C@H]1CCCN(c2cc(-c3ccccc3O)nnc2N)C1. The number of piperidine rings is 2. The molecular formula is C50H59N9O4. The number of aryl methyl sites for hydroxylation is 1. The normalized spacial score (nSPS) is 23.0. The number of carbonyl (C=O) groups is 3. The number of nitrogen functional groups attached to an aromatic ring is 1. The first-order valence-electron chi connectivity index (χ1n) is 23.3. The molecule has 2 aliphatic carbocycles. The summed E-state index contributed by atoms with van der Waals surface area (Å²) in [7, 11) is 0. The molecule has 3 aliphatic heterocycles. The first-order chi connectivity index (χ1) is 30.6. The predicted molar refractivity (Wildman–Crippen MR) is 245 cm³/mol. The third-order valence-electron chi connectivity index (χ3n) is 15.2. The molecule has 1 unspecified atom stereocenters. The van der Waals surface area contributed by atoms with Gasteiger partial charge in [-0.2, -0.15) is 0 Å². The lowest BCUT2D eigenvalue weighted by molar-refractivity contribution is -0.120. The largest absolute Gasteiger partial charge is 0.507 e. The maximum Gasteiger partial charge on any atom is 0.328 e. The highest BCUT2D eigenvalue weighted by Gasteiger charge is 2.36. The van der Waals surface area contributed by atoms with Crippen LogP contribution in [0.2, 0.25) is 0 Å². The summed E-state index contributed by atoms with van der Waals surface area (Å²) < 4.78 is 2.43. The summed E-state index contributed by atoms with van der Waals surface area (Å²) in [5.74, 6) is 3.19. The van der Waals surface area contributed by atoms with Gasteiger partial charge in [0.2, 0.25) is 5.91 Å². The Bertz CT molecular complexity index is 2550. The standard InChI is InChI=1S/C50H59N9O4/c1-30-24-35(13-16-39(30)36-6-5-20-57(28-36)44-26-43(54-55-47(44)51)40-7-3-4-8-45(40)60)49(62)56-21-17-33(18-22-56)31(2)32-11-14-37(15-12-32)59-29-42(34-9-10-34)41-25-38(27-52-48(41)59)58-23-19-46(61)53-50(58)63/h3-4,7-8,13,16,24-27,29,31-34,36-37,60H,5-6,9-12,14-15,17-23,28H2,1-2H3,(H2,51,55)(H,53,61,63)/t31?,32?,36-,37?/m0/s1. The fourth-order valence-electron chi connectivity index (χ4n) is 11.4. The van der Waals surface area contributed by atoms with Crippen LogP contribution in [-0.4, -0.2) is 80.3 Å². The number of anilines is 3. The lowest BCUT2D eigenvalue weighted by Crippen LogP contribution is -2.49. The molecule has 3 saturated heterocycles. The number of rotatable bonds is 9. The molecule has 2 aromatic carbocycles. The Kier molecular flexibility index (Phi) is 11.0. The van der Waals surface area contributed by atoms with Gasteiger partial charge in [0.1, 0.15) is 11.4 Å². The third-order valence-corrected chi connectivity index (χ3v) is 15.2. The predicted octanol–water partition coefficient (Wildman–Crippen LogP) is 8.72. The van der Waals surface area contributed by atoms with Gasteiger partial charge in [0, 0.05) is 73.8 Å². The number of hydrogen-bond acceptors (Lipinski definition) is 9. The van der Waals surface area contributed by atoms with Crippen LogP contribution in [0.25, 0.3) is 22.3 Å². The molecule has 4 amide bonds. The summed E-state index contributed by atoms with van der Waals surface area (Å²) in [6.07, 6.45) is 15.6. The van der Waals surface area contributed by atoms with Crippen LogP contribution >= 0.6 is 0 Å². The number of phenols is 1. The number of pyridine rings is 1. The number of carbonyl (C=O) groups excluding carboxylic acids is 3. The molecule has 4 N–H and O–H groups in total. The molecule has 5 aromatic rings. The number of fused-ring (bicyclic) bond motifs is 1. The van der Waals surface area contributed by atoms with Crippen LogP contribution in [0.3, 0.4) is 0 Å². The van der Waals surface area contributed by atoms with Gasteiger partial charge in [0.25, 0.3) is 5.91 Å². The second-order valence-corrected chi connectivity index (χ2v) is 19.0. The summed E-state index contributed by atoms with van der Waals surface area (Å²) in [5, 5.41) is 22.6. The van der Waals surface area contributed by atoms with Crippen LogP contribution in [0.1, 0.15) is 122 Å². The summed E-state index contributed by atoms with van der Waals surface area (Å²) in [4.78, 5) is 49.3. The fourth-order valence-corrected chi connectivity index (χ4v) is 11.4. The number of nitrogens with two attached hydrogens (primary N) is 1. The van der Waals surface area contributed by atoms with Crippen molar-refractivity contribution in [1.29, 1.82) is 0 Å². The average molecular weight is 850 g/mol. The minimum Gasteiger partial charge on any atom is -0.507 e. The van der Waals surface area contributed by atoms with Gasteiger partial charge in [0.15, 0.2) is 5.82 Å². The Hall–Kier alpha value is -5.98. The number of aromatic hydroxyl groups is 1. The van der Waals surface area contributed by atoms with E-state index in [4.69, 9.17) is 10.7 Å². The van der Waals surface area contributed by atoms with Gasteiger partial charge in [-0.15, -0.1) is 10.2 Å². The number of benzene rings is 2. The van der Waals surface area contributed by atoms with Crippen LogP contribution in [-0.2, 0) is 4.79 Å². The second kappa shape index (κ2) is 17.0. The number of aromatic nitrogens is 4. The maximum absolute atomic E-state index is 13.9. The number of nitrogens with one attached hydrogen (secondary N) is 1. The van der Waals surface area contributed by atoms with E-state index in [-0.39, 0.29) is 29.5 Å². The molecule has 13 heteroatoms. The van der Waals surface area contributed by atoms with Gasteiger partial charge < -0.3 is 25.2 Å². The molecule has 0 radical (unpaired) electrons. The summed E-state index contributed by atoms with van der Waals surface area (Å²) in [5.41, 5.74) is 14.7. The van der Waals surface area contributed by atoms with E-state index in [9.17, 15) is 19.5 Å². The molecule has 3 aromatic heterocycles. The molecule has 63 heavy (non-hydrogen) atoms. The van der Waals surface area contributed by atoms with Crippen molar-refractivity contribution in [3.8, 4) is 17.0 Å². The van der Waals surface area contributed by atoms with Gasteiger partial charge in [-0.1, -0.05) is 25.1 Å². The number of nitrogens with zero attached hydrogens (tertiary/aromatic N) is 7. The number of hydrogen-bond donors (Lipinski definition) is 3. The Balaban J connectivity index is 0.738. The first kappa shape index (κ1) is 41.1. The van der Waals surface area contributed by atoms with Gasteiger partial charge in [0.05, 0.1) is 23.3 Å². The topological polar surface area (TPSA) is 163 Å². The number of urea groups is 1. The van der Waals surface area contributed by atoms with E-state index in [1.807, 2.05) is 24.3 Å². The fraction of sp³-hybridized carbons (Fsp3) is 0.480. The lowest BCUT2D eigenvalue weighted by atomic mass is 9.71. The molecule has 6 heterocycles. The van der Waals surface area contributed by atoms with Crippen molar-refractivity contribution in [2.45, 2.75) is 102 Å². The zero-order chi connectivity index (χ0) is 43.4. The first-order valence-corrected chi connectivity index (χ1v) is 23.3. The van der Waals surface area contributed by atoms with Crippen molar-refractivity contribution in [3.05, 3.63) is 89.2 Å². The van der Waals surface area contributed by atoms with Crippen LogP contribution in [0.5, 0.6) is 5.75 Å². The number of imide groups is 1. The Morgan fingerprint density at radius 1 is 0.857 bits per heavy atom. The molecule has 328 valence electrons. The average Bonchev–Trinajstić information content (AvgIpc) is 4.08. The molecule has 0 bridgehead atoms. The zero-order valence-electron chi connectivity index (χ0n) is 36.5. The number of likely N-dealkylation sites (tertiary alicyclic amines) is 1. The minimum absolute atomic E-state index is 0.133. The smallest absolute Gasteiger partial charge is 0.328 e. The molecular weight excluding hydrogens is 791 g/mol. The van der Waals surface area contributed by atoms with Gasteiger partial charge in [-0.05, 0) is 148 Å². The molecule has 0 spiro atoms.